The average molecular weight is 337 g/mol. The van der Waals surface area contributed by atoms with Crippen LogP contribution in [0.1, 0.15) is 25.0 Å². The van der Waals surface area contributed by atoms with Crippen LogP contribution in [0.4, 0.5) is 5.69 Å². The van der Waals surface area contributed by atoms with Crippen LogP contribution in [-0.4, -0.2) is 17.7 Å². The number of anilines is 1. The smallest absolute Gasteiger partial charge is 0.350 e. The van der Waals surface area contributed by atoms with Gasteiger partial charge in [-0.15, -0.1) is 0 Å². The number of ether oxygens (including phenoxy) is 2. The van der Waals surface area contributed by atoms with Crippen molar-refractivity contribution in [3.8, 4) is 0 Å². The molecular formula is C20H19NO4. The van der Waals surface area contributed by atoms with E-state index in [1.54, 1.807) is 0 Å². The van der Waals surface area contributed by atoms with Gasteiger partial charge >= 0.3 is 11.9 Å². The van der Waals surface area contributed by atoms with Crippen LogP contribution >= 0.6 is 0 Å². The first-order valence-electron chi connectivity index (χ1n) is 8.00. The fraction of sp³-hybridized carbons (Fsp3) is 0.200. The van der Waals surface area contributed by atoms with Gasteiger partial charge in [0.1, 0.15) is 0 Å². The second kappa shape index (κ2) is 6.81. The van der Waals surface area contributed by atoms with Crippen molar-refractivity contribution in [2.24, 2.45) is 0 Å². The number of esters is 2. The van der Waals surface area contributed by atoms with E-state index in [2.05, 4.69) is 5.32 Å². The third kappa shape index (κ3) is 4.07. The largest absolute Gasteiger partial charge is 0.419 e. The van der Waals surface area contributed by atoms with Crippen molar-refractivity contribution in [1.82, 2.24) is 0 Å². The molecule has 1 saturated heterocycles. The highest BCUT2D eigenvalue weighted by molar-refractivity contribution is 6.15. The highest BCUT2D eigenvalue weighted by Gasteiger charge is 2.38. The summed E-state index contributed by atoms with van der Waals surface area (Å²) in [6.45, 7) is 3.03. The Balaban J connectivity index is 1.80. The number of para-hydroxylation sites is 1. The Kier molecular flexibility index (Phi) is 4.57. The van der Waals surface area contributed by atoms with Crippen LogP contribution < -0.4 is 5.32 Å². The molecule has 25 heavy (non-hydrogen) atoms. The van der Waals surface area contributed by atoms with Crippen molar-refractivity contribution in [3.05, 3.63) is 77.5 Å². The summed E-state index contributed by atoms with van der Waals surface area (Å²) in [4.78, 5) is 24.0. The Bertz CT molecular complexity index is 803. The van der Waals surface area contributed by atoms with E-state index in [0.29, 0.717) is 0 Å². The normalized spacial score (nSPS) is 16.0. The lowest BCUT2D eigenvalue weighted by atomic mass is 10.0. The molecule has 1 aliphatic rings. The fourth-order valence-electron chi connectivity index (χ4n) is 2.56. The van der Waals surface area contributed by atoms with E-state index in [-0.39, 0.29) is 5.57 Å². The topological polar surface area (TPSA) is 64.6 Å². The van der Waals surface area contributed by atoms with Gasteiger partial charge in [0, 0.05) is 25.7 Å². The molecule has 2 aromatic rings. The van der Waals surface area contributed by atoms with Crippen molar-refractivity contribution in [3.63, 3.8) is 0 Å². The Labute approximate surface area is 146 Å². The van der Waals surface area contributed by atoms with Gasteiger partial charge in [-0.05, 0) is 23.6 Å². The first-order valence-corrected chi connectivity index (χ1v) is 8.00. The zero-order valence-electron chi connectivity index (χ0n) is 14.1. The number of carbonyl (C=O) groups excluding carboxylic acids is 2. The molecule has 1 heterocycles. The predicted octanol–water partition coefficient (Wildman–Crippen LogP) is 3.41. The molecule has 0 unspecified atom stereocenters. The second-order valence-electron chi connectivity index (χ2n) is 6.20. The zero-order valence-corrected chi connectivity index (χ0v) is 14.1. The molecule has 3 rings (SSSR count). The Morgan fingerprint density at radius 2 is 1.52 bits per heavy atom. The summed E-state index contributed by atoms with van der Waals surface area (Å²) >= 11 is 0. The lowest BCUT2D eigenvalue weighted by Gasteiger charge is -2.29. The van der Waals surface area contributed by atoms with Crippen LogP contribution in [0.15, 0.2) is 66.4 Å². The molecule has 0 bridgehead atoms. The van der Waals surface area contributed by atoms with Crippen LogP contribution in [0.3, 0.4) is 0 Å². The Hall–Kier alpha value is -3.08. The number of rotatable bonds is 4. The standard InChI is InChI=1S/C20H19NO4/c1-20(2)24-18(22)16(19(23)25-20)13-21-17-11-7-6-10-15(17)12-14-8-4-3-5-9-14/h3-11,13,21H,12H2,1-2H3. The quantitative estimate of drug-likeness (QED) is 0.526. The minimum atomic E-state index is -1.24. The van der Waals surface area contributed by atoms with Gasteiger partial charge in [-0.3, -0.25) is 0 Å². The van der Waals surface area contributed by atoms with Gasteiger partial charge < -0.3 is 14.8 Å². The van der Waals surface area contributed by atoms with Crippen molar-refractivity contribution in [2.45, 2.75) is 26.1 Å². The van der Waals surface area contributed by atoms with Crippen molar-refractivity contribution in [1.29, 1.82) is 0 Å². The molecule has 0 amide bonds. The number of hydrogen-bond acceptors (Lipinski definition) is 5. The van der Waals surface area contributed by atoms with Gasteiger partial charge in [0.25, 0.3) is 5.79 Å². The first-order chi connectivity index (χ1) is 11.9. The van der Waals surface area contributed by atoms with Crippen molar-refractivity contribution in [2.75, 3.05) is 5.32 Å². The van der Waals surface area contributed by atoms with Gasteiger partial charge in [-0.1, -0.05) is 48.5 Å². The lowest BCUT2D eigenvalue weighted by molar-refractivity contribution is -0.222. The third-order valence-corrected chi connectivity index (χ3v) is 3.74. The van der Waals surface area contributed by atoms with E-state index < -0.39 is 17.7 Å². The van der Waals surface area contributed by atoms with Gasteiger partial charge in [-0.2, -0.15) is 0 Å². The second-order valence-corrected chi connectivity index (χ2v) is 6.20. The Morgan fingerprint density at radius 1 is 0.920 bits per heavy atom. The number of carbonyl (C=O) groups is 2. The lowest BCUT2D eigenvalue weighted by Crippen LogP contribution is -2.42. The molecule has 0 atom stereocenters. The summed E-state index contributed by atoms with van der Waals surface area (Å²) in [6.07, 6.45) is 2.07. The monoisotopic (exact) mass is 337 g/mol. The van der Waals surface area contributed by atoms with Crippen LogP contribution in [-0.2, 0) is 25.5 Å². The van der Waals surface area contributed by atoms with Crippen LogP contribution in [0.25, 0.3) is 0 Å². The fourth-order valence-corrected chi connectivity index (χ4v) is 2.56. The number of hydrogen-bond donors (Lipinski definition) is 1. The summed E-state index contributed by atoms with van der Waals surface area (Å²) in [5.74, 6) is -2.64. The molecule has 5 nitrogen and oxygen atoms in total. The van der Waals surface area contributed by atoms with E-state index in [9.17, 15) is 9.59 Å². The molecule has 0 aliphatic carbocycles. The molecule has 1 fully saturated rings. The summed E-state index contributed by atoms with van der Waals surface area (Å²) in [5, 5.41) is 3.03. The van der Waals surface area contributed by atoms with Crippen molar-refractivity contribution < 1.29 is 19.1 Å². The highest BCUT2D eigenvalue weighted by atomic mass is 16.7. The van der Waals surface area contributed by atoms with Gasteiger partial charge in [-0.25, -0.2) is 9.59 Å². The minimum absolute atomic E-state index is 0.158. The maximum Gasteiger partial charge on any atom is 0.350 e. The predicted molar refractivity (Wildman–Crippen MR) is 93.7 cm³/mol. The number of nitrogens with one attached hydrogen (secondary N) is 1. The molecule has 0 spiro atoms. The molecule has 0 radical (unpaired) electrons. The van der Waals surface area contributed by atoms with E-state index >= 15 is 0 Å². The molecule has 1 aliphatic heterocycles. The SMILES string of the molecule is CC1(C)OC(=O)C(=CNc2ccccc2Cc2ccccc2)C(=O)O1. The maximum atomic E-state index is 12.0. The van der Waals surface area contributed by atoms with Gasteiger partial charge in [0.2, 0.25) is 0 Å². The van der Waals surface area contributed by atoms with Gasteiger partial charge in [0.05, 0.1) is 0 Å². The van der Waals surface area contributed by atoms with Crippen molar-refractivity contribution >= 4 is 17.6 Å². The average Bonchev–Trinajstić information content (AvgIpc) is 2.55. The first kappa shape index (κ1) is 16.8. The van der Waals surface area contributed by atoms with E-state index in [1.165, 1.54) is 25.6 Å². The molecule has 0 saturated carbocycles. The summed E-state index contributed by atoms with van der Waals surface area (Å²) in [7, 11) is 0. The maximum absolute atomic E-state index is 12.0. The summed E-state index contributed by atoms with van der Waals surface area (Å²) in [6, 6.07) is 17.8. The van der Waals surface area contributed by atoms with Crippen LogP contribution in [0, 0.1) is 0 Å². The summed E-state index contributed by atoms with van der Waals surface area (Å²) in [5.41, 5.74) is 2.86. The number of cyclic esters (lactones) is 2. The van der Waals surface area contributed by atoms with Gasteiger partial charge in [0.15, 0.2) is 5.57 Å². The van der Waals surface area contributed by atoms with E-state index in [0.717, 1.165) is 17.7 Å². The molecule has 5 heteroatoms. The third-order valence-electron chi connectivity index (χ3n) is 3.74. The molecule has 1 N–H and O–H groups in total. The van der Waals surface area contributed by atoms with E-state index in [1.807, 2.05) is 54.6 Å². The summed E-state index contributed by atoms with van der Waals surface area (Å²) < 4.78 is 10.2. The highest BCUT2D eigenvalue weighted by Crippen LogP contribution is 2.24. The molecular weight excluding hydrogens is 318 g/mol. The molecule has 128 valence electrons. The zero-order chi connectivity index (χ0) is 17.9. The van der Waals surface area contributed by atoms with E-state index in [4.69, 9.17) is 9.47 Å². The van der Waals surface area contributed by atoms with Crippen LogP contribution in [0.5, 0.6) is 0 Å². The molecule has 0 aromatic heterocycles. The Morgan fingerprint density at radius 3 is 2.20 bits per heavy atom. The van der Waals surface area contributed by atoms with Crippen LogP contribution in [0.2, 0.25) is 0 Å². The minimum Gasteiger partial charge on any atom is -0.419 e. The number of benzene rings is 2. The molecule has 2 aromatic carbocycles.